The van der Waals surface area contributed by atoms with Crippen molar-refractivity contribution in [1.29, 1.82) is 0 Å². The number of hydrogen-bond donors (Lipinski definition) is 1. The standard InChI is InChI=1S/C8H3ClF3IN2/c9-6-3-2-14-15-5(3)1-4(7(6)13)8(10,11)12/h1-2H,(H,14,15). The molecule has 2 aromatic rings. The Labute approximate surface area is 101 Å². The first-order valence-electron chi connectivity index (χ1n) is 3.79. The summed E-state index contributed by atoms with van der Waals surface area (Å²) in [7, 11) is 0. The third-order valence-electron chi connectivity index (χ3n) is 1.93. The lowest BCUT2D eigenvalue weighted by Crippen LogP contribution is -2.07. The summed E-state index contributed by atoms with van der Waals surface area (Å²) in [5, 5.41) is 6.68. The number of aromatic nitrogens is 2. The van der Waals surface area contributed by atoms with Gasteiger partial charge in [0.05, 0.1) is 22.3 Å². The highest BCUT2D eigenvalue weighted by atomic mass is 127. The zero-order valence-corrected chi connectivity index (χ0v) is 9.91. The Morgan fingerprint density at radius 2 is 2.07 bits per heavy atom. The highest BCUT2D eigenvalue weighted by Crippen LogP contribution is 2.39. The molecule has 0 aliphatic rings. The van der Waals surface area contributed by atoms with Crippen LogP contribution in [-0.4, -0.2) is 10.2 Å². The van der Waals surface area contributed by atoms with E-state index in [1.54, 1.807) is 22.6 Å². The average molecular weight is 346 g/mol. The molecule has 1 aromatic heterocycles. The van der Waals surface area contributed by atoms with Gasteiger partial charge in [-0.2, -0.15) is 18.3 Å². The van der Waals surface area contributed by atoms with E-state index in [0.29, 0.717) is 5.39 Å². The molecule has 1 N–H and O–H groups in total. The number of aromatic amines is 1. The molecule has 0 unspecified atom stereocenters. The number of H-pyrrole nitrogens is 1. The van der Waals surface area contributed by atoms with Crippen molar-refractivity contribution in [1.82, 2.24) is 10.2 Å². The Morgan fingerprint density at radius 3 is 2.67 bits per heavy atom. The number of nitrogens with zero attached hydrogens (tertiary/aromatic N) is 1. The molecular weight excluding hydrogens is 343 g/mol. The smallest absolute Gasteiger partial charge is 0.278 e. The third kappa shape index (κ3) is 1.80. The van der Waals surface area contributed by atoms with Crippen LogP contribution < -0.4 is 0 Å². The summed E-state index contributed by atoms with van der Waals surface area (Å²) in [5.74, 6) is 0. The molecule has 0 saturated heterocycles. The minimum Gasteiger partial charge on any atom is -0.278 e. The van der Waals surface area contributed by atoms with Gasteiger partial charge in [0.2, 0.25) is 0 Å². The Hall–Kier alpha value is -0.500. The molecule has 80 valence electrons. The maximum absolute atomic E-state index is 12.6. The Kier molecular flexibility index (Phi) is 2.58. The van der Waals surface area contributed by atoms with Gasteiger partial charge in [0, 0.05) is 8.96 Å². The molecule has 0 amide bonds. The van der Waals surface area contributed by atoms with Crippen LogP contribution in [0, 0.1) is 3.57 Å². The summed E-state index contributed by atoms with van der Waals surface area (Å²) >= 11 is 7.39. The van der Waals surface area contributed by atoms with Gasteiger partial charge >= 0.3 is 6.18 Å². The first-order valence-corrected chi connectivity index (χ1v) is 5.25. The number of rotatable bonds is 0. The van der Waals surface area contributed by atoms with E-state index in [2.05, 4.69) is 10.2 Å². The van der Waals surface area contributed by atoms with Crippen LogP contribution in [0.3, 0.4) is 0 Å². The first kappa shape index (κ1) is 11.0. The van der Waals surface area contributed by atoms with E-state index in [-0.39, 0.29) is 14.1 Å². The molecule has 2 rings (SSSR count). The van der Waals surface area contributed by atoms with Gasteiger partial charge in [-0.05, 0) is 28.7 Å². The number of benzene rings is 1. The summed E-state index contributed by atoms with van der Waals surface area (Å²) in [6.07, 6.45) is -3.00. The van der Waals surface area contributed by atoms with Crippen molar-refractivity contribution in [3.8, 4) is 0 Å². The predicted molar refractivity (Wildman–Crippen MR) is 58.8 cm³/mol. The molecule has 1 heterocycles. The predicted octanol–water partition coefficient (Wildman–Crippen LogP) is 3.84. The van der Waals surface area contributed by atoms with Crippen LogP contribution in [0.2, 0.25) is 5.02 Å². The fourth-order valence-electron chi connectivity index (χ4n) is 1.23. The highest BCUT2D eigenvalue weighted by molar-refractivity contribution is 14.1. The van der Waals surface area contributed by atoms with Crippen LogP contribution in [0.5, 0.6) is 0 Å². The Balaban J connectivity index is 2.82. The molecular formula is C8H3ClF3IN2. The largest absolute Gasteiger partial charge is 0.417 e. The van der Waals surface area contributed by atoms with Crippen molar-refractivity contribution in [2.45, 2.75) is 6.18 Å². The number of fused-ring (bicyclic) bond motifs is 1. The lowest BCUT2D eigenvalue weighted by molar-refractivity contribution is -0.138. The second-order valence-electron chi connectivity index (χ2n) is 2.88. The van der Waals surface area contributed by atoms with E-state index >= 15 is 0 Å². The minimum absolute atomic E-state index is 0.00401. The van der Waals surface area contributed by atoms with Crippen molar-refractivity contribution in [2.24, 2.45) is 0 Å². The molecule has 0 atom stereocenters. The molecule has 2 nitrogen and oxygen atoms in total. The van der Waals surface area contributed by atoms with Gasteiger partial charge in [-0.3, -0.25) is 5.10 Å². The SMILES string of the molecule is FC(F)(F)c1cc2[nH]ncc2c(Cl)c1I. The summed E-state index contributed by atoms with van der Waals surface area (Å²) in [5.41, 5.74) is -0.461. The normalized spacial score (nSPS) is 12.3. The summed E-state index contributed by atoms with van der Waals surface area (Å²) in [4.78, 5) is 0. The van der Waals surface area contributed by atoms with Crippen molar-refractivity contribution >= 4 is 45.1 Å². The van der Waals surface area contributed by atoms with Crippen molar-refractivity contribution < 1.29 is 13.2 Å². The van der Waals surface area contributed by atoms with E-state index in [4.69, 9.17) is 11.6 Å². The van der Waals surface area contributed by atoms with E-state index in [1.807, 2.05) is 0 Å². The second kappa shape index (κ2) is 3.51. The second-order valence-corrected chi connectivity index (χ2v) is 4.34. The molecule has 15 heavy (non-hydrogen) atoms. The molecule has 0 aliphatic heterocycles. The van der Waals surface area contributed by atoms with Crippen molar-refractivity contribution in [2.75, 3.05) is 0 Å². The van der Waals surface area contributed by atoms with Crippen LogP contribution in [0.15, 0.2) is 12.3 Å². The molecule has 0 aliphatic carbocycles. The fourth-order valence-corrected chi connectivity index (χ4v) is 2.24. The van der Waals surface area contributed by atoms with E-state index in [0.717, 1.165) is 6.07 Å². The number of hydrogen-bond acceptors (Lipinski definition) is 1. The summed E-state index contributed by atoms with van der Waals surface area (Å²) < 4.78 is 37.7. The van der Waals surface area contributed by atoms with Crippen LogP contribution >= 0.6 is 34.2 Å². The summed E-state index contributed by atoms with van der Waals surface area (Å²) in [6.45, 7) is 0. The molecule has 7 heteroatoms. The summed E-state index contributed by atoms with van der Waals surface area (Å²) in [6, 6.07) is 1.01. The topological polar surface area (TPSA) is 28.7 Å². The average Bonchev–Trinajstić information content (AvgIpc) is 2.57. The Bertz CT molecular complexity index is 520. The van der Waals surface area contributed by atoms with E-state index in [9.17, 15) is 13.2 Å². The van der Waals surface area contributed by atoms with Crippen LogP contribution in [-0.2, 0) is 6.18 Å². The highest BCUT2D eigenvalue weighted by Gasteiger charge is 2.34. The molecule has 0 fully saturated rings. The first-order chi connectivity index (χ1) is 6.91. The van der Waals surface area contributed by atoms with E-state index < -0.39 is 11.7 Å². The number of halogens is 5. The van der Waals surface area contributed by atoms with Gasteiger partial charge in [0.25, 0.3) is 0 Å². The Morgan fingerprint density at radius 1 is 1.40 bits per heavy atom. The van der Waals surface area contributed by atoms with Gasteiger partial charge in [0.1, 0.15) is 0 Å². The fraction of sp³-hybridized carbons (Fsp3) is 0.125. The monoisotopic (exact) mass is 346 g/mol. The lowest BCUT2D eigenvalue weighted by atomic mass is 10.1. The molecule has 0 saturated carbocycles. The van der Waals surface area contributed by atoms with Gasteiger partial charge < -0.3 is 0 Å². The quantitative estimate of drug-likeness (QED) is 0.722. The van der Waals surface area contributed by atoms with Gasteiger partial charge in [-0.1, -0.05) is 11.6 Å². The molecule has 0 bridgehead atoms. The van der Waals surface area contributed by atoms with E-state index in [1.165, 1.54) is 6.20 Å². The van der Waals surface area contributed by atoms with Gasteiger partial charge in [-0.15, -0.1) is 0 Å². The zero-order chi connectivity index (χ0) is 11.2. The maximum Gasteiger partial charge on any atom is 0.417 e. The lowest BCUT2D eigenvalue weighted by Gasteiger charge is -2.10. The molecule has 0 radical (unpaired) electrons. The van der Waals surface area contributed by atoms with Crippen molar-refractivity contribution in [3.05, 3.63) is 26.4 Å². The maximum atomic E-state index is 12.6. The van der Waals surface area contributed by atoms with Crippen LogP contribution in [0.1, 0.15) is 5.56 Å². The van der Waals surface area contributed by atoms with Crippen molar-refractivity contribution in [3.63, 3.8) is 0 Å². The van der Waals surface area contributed by atoms with Crippen LogP contribution in [0.4, 0.5) is 13.2 Å². The van der Waals surface area contributed by atoms with Crippen LogP contribution in [0.25, 0.3) is 10.9 Å². The molecule has 0 spiro atoms. The minimum atomic E-state index is -4.40. The number of nitrogens with one attached hydrogen (secondary N) is 1. The third-order valence-corrected chi connectivity index (χ3v) is 3.76. The zero-order valence-electron chi connectivity index (χ0n) is 6.99. The van der Waals surface area contributed by atoms with Gasteiger partial charge in [-0.25, -0.2) is 0 Å². The number of alkyl halides is 3. The molecule has 1 aromatic carbocycles. The van der Waals surface area contributed by atoms with Gasteiger partial charge in [0.15, 0.2) is 0 Å².